The molecule has 0 atom stereocenters. The van der Waals surface area contributed by atoms with Crippen LogP contribution in [0.5, 0.6) is 0 Å². The first-order valence-electron chi connectivity index (χ1n) is 10.3. The maximum atomic E-state index is 13.0. The van der Waals surface area contributed by atoms with Crippen molar-refractivity contribution >= 4 is 37.7 Å². The van der Waals surface area contributed by atoms with E-state index in [0.717, 1.165) is 10.9 Å². The van der Waals surface area contributed by atoms with E-state index < -0.39 is 10.0 Å². The number of sulfonamides is 1. The molecule has 0 spiro atoms. The molecule has 5 rings (SSSR count). The number of anilines is 1. The van der Waals surface area contributed by atoms with E-state index in [1.807, 2.05) is 24.3 Å². The number of nitrogens with one attached hydrogen (secondary N) is 1. The average molecular weight is 455 g/mol. The summed E-state index contributed by atoms with van der Waals surface area (Å²) in [5.74, 6) is 0.563. The number of nitrogens with zero attached hydrogens (tertiary/aromatic N) is 3. The van der Waals surface area contributed by atoms with Crippen LogP contribution in [-0.2, 0) is 22.9 Å². The Morgan fingerprint density at radius 3 is 2.61 bits per heavy atom. The average Bonchev–Trinajstić information content (AvgIpc) is 3.24. The highest BCUT2D eigenvalue weighted by atomic mass is 32.2. The lowest BCUT2D eigenvalue weighted by atomic mass is 10.1. The number of para-hydroxylation sites is 1. The third-order valence-corrected chi connectivity index (χ3v) is 6.69. The van der Waals surface area contributed by atoms with Gasteiger partial charge >= 0.3 is 0 Å². The largest absolute Gasteiger partial charge is 0.441 e. The molecule has 0 fully saturated rings. The number of benzene rings is 3. The summed E-state index contributed by atoms with van der Waals surface area (Å²) in [6, 6.07) is 23.1. The minimum absolute atomic E-state index is 0.112. The van der Waals surface area contributed by atoms with Crippen LogP contribution in [0.4, 0.5) is 5.69 Å². The van der Waals surface area contributed by atoms with Crippen molar-refractivity contribution in [2.75, 3.05) is 4.72 Å². The second-order valence-corrected chi connectivity index (χ2v) is 9.19. The van der Waals surface area contributed by atoms with Crippen molar-refractivity contribution in [3.8, 4) is 6.07 Å². The molecule has 0 bridgehead atoms. The molecule has 8 heteroatoms. The van der Waals surface area contributed by atoms with E-state index in [4.69, 9.17) is 9.68 Å². The van der Waals surface area contributed by atoms with Gasteiger partial charge in [-0.25, -0.2) is 13.4 Å². The molecule has 5 aromatic rings. The number of hydrogen-bond donors (Lipinski definition) is 1. The van der Waals surface area contributed by atoms with Crippen LogP contribution in [0, 0.1) is 11.3 Å². The van der Waals surface area contributed by atoms with E-state index in [1.54, 1.807) is 48.7 Å². The number of oxazole rings is 1. The molecule has 162 valence electrons. The Morgan fingerprint density at radius 1 is 0.970 bits per heavy atom. The molecular formula is C25H18N4O3S. The van der Waals surface area contributed by atoms with Crippen LogP contribution in [-0.4, -0.2) is 18.4 Å². The van der Waals surface area contributed by atoms with Gasteiger partial charge in [0, 0.05) is 24.1 Å². The summed E-state index contributed by atoms with van der Waals surface area (Å²) >= 11 is 0. The lowest BCUT2D eigenvalue weighted by Gasteiger charge is -2.09. The molecule has 0 saturated heterocycles. The van der Waals surface area contributed by atoms with Gasteiger partial charge in [0.05, 0.1) is 22.8 Å². The Bertz CT molecular complexity index is 1610. The van der Waals surface area contributed by atoms with Gasteiger partial charge in [-0.2, -0.15) is 5.26 Å². The molecule has 2 heterocycles. The fourth-order valence-corrected chi connectivity index (χ4v) is 4.87. The predicted octanol–water partition coefficient (Wildman–Crippen LogP) is 4.83. The van der Waals surface area contributed by atoms with E-state index in [-0.39, 0.29) is 4.90 Å². The monoisotopic (exact) mass is 454 g/mol. The van der Waals surface area contributed by atoms with Crippen LogP contribution in [0.1, 0.15) is 17.0 Å². The molecule has 0 aliphatic heterocycles. The highest BCUT2D eigenvalue weighted by molar-refractivity contribution is 7.93. The van der Waals surface area contributed by atoms with Crippen molar-refractivity contribution in [1.29, 1.82) is 5.26 Å². The molecule has 0 unspecified atom stereocenters. The van der Waals surface area contributed by atoms with Crippen molar-refractivity contribution in [2.45, 2.75) is 17.7 Å². The zero-order chi connectivity index (χ0) is 22.8. The fourth-order valence-electron chi connectivity index (χ4n) is 3.64. The highest BCUT2D eigenvalue weighted by Crippen LogP contribution is 2.26. The number of pyridine rings is 1. The van der Waals surface area contributed by atoms with Gasteiger partial charge in [-0.15, -0.1) is 0 Å². The molecule has 1 N–H and O–H groups in total. The topological polar surface area (TPSA) is 109 Å². The van der Waals surface area contributed by atoms with E-state index in [9.17, 15) is 8.42 Å². The lowest BCUT2D eigenvalue weighted by Crippen LogP contribution is -2.13. The summed E-state index contributed by atoms with van der Waals surface area (Å²) < 4.78 is 34.6. The normalized spacial score (nSPS) is 11.5. The van der Waals surface area contributed by atoms with Crippen LogP contribution in [0.25, 0.3) is 22.0 Å². The van der Waals surface area contributed by atoms with Gasteiger partial charge < -0.3 is 4.42 Å². The van der Waals surface area contributed by atoms with Crippen molar-refractivity contribution in [3.05, 3.63) is 96.0 Å². The van der Waals surface area contributed by atoms with E-state index in [0.29, 0.717) is 46.6 Å². The van der Waals surface area contributed by atoms with Gasteiger partial charge in [-0.1, -0.05) is 30.3 Å². The number of fused-ring (bicyclic) bond motifs is 2. The van der Waals surface area contributed by atoms with Gasteiger partial charge in [0.1, 0.15) is 10.4 Å². The zero-order valence-electron chi connectivity index (χ0n) is 17.4. The minimum atomic E-state index is -3.85. The third-order valence-electron chi connectivity index (χ3n) is 5.28. The standard InChI is InChI=1S/C25H18N4O3S/c26-16-18-8-6-17(7-9-18)10-13-24-28-21-12-11-20(15-22(21)32-24)29-33(30,31)23-5-1-3-19-4-2-14-27-25(19)23/h1-9,11-12,14-15,29H,10,13H2. The van der Waals surface area contributed by atoms with Gasteiger partial charge in [-0.3, -0.25) is 9.71 Å². The van der Waals surface area contributed by atoms with Crippen LogP contribution in [0.2, 0.25) is 0 Å². The van der Waals surface area contributed by atoms with Crippen molar-refractivity contribution in [2.24, 2.45) is 0 Å². The molecule has 3 aromatic carbocycles. The van der Waals surface area contributed by atoms with Crippen LogP contribution in [0.3, 0.4) is 0 Å². The summed E-state index contributed by atoms with van der Waals surface area (Å²) in [5.41, 5.74) is 3.65. The summed E-state index contributed by atoms with van der Waals surface area (Å²) in [4.78, 5) is 8.84. The Labute approximate surface area is 190 Å². The first-order valence-corrected chi connectivity index (χ1v) is 11.8. The van der Waals surface area contributed by atoms with Crippen molar-refractivity contribution in [1.82, 2.24) is 9.97 Å². The summed E-state index contributed by atoms with van der Waals surface area (Å²) in [7, 11) is -3.85. The molecular weight excluding hydrogens is 436 g/mol. The molecule has 0 aliphatic rings. The quantitative estimate of drug-likeness (QED) is 0.393. The van der Waals surface area contributed by atoms with Gasteiger partial charge in [0.15, 0.2) is 11.5 Å². The second-order valence-electron chi connectivity index (χ2n) is 7.54. The molecule has 0 amide bonds. The van der Waals surface area contributed by atoms with Gasteiger partial charge in [0.25, 0.3) is 10.0 Å². The van der Waals surface area contributed by atoms with E-state index >= 15 is 0 Å². The number of aryl methyl sites for hydroxylation is 2. The number of nitriles is 1. The van der Waals surface area contributed by atoms with E-state index in [1.165, 1.54) is 6.07 Å². The Morgan fingerprint density at radius 2 is 1.79 bits per heavy atom. The van der Waals surface area contributed by atoms with Crippen LogP contribution in [0.15, 0.2) is 88.3 Å². The minimum Gasteiger partial charge on any atom is -0.441 e. The SMILES string of the molecule is N#Cc1ccc(CCc2nc3ccc(NS(=O)(=O)c4cccc5cccnc45)cc3o2)cc1. The predicted molar refractivity (Wildman–Crippen MR) is 125 cm³/mol. The zero-order valence-corrected chi connectivity index (χ0v) is 18.2. The van der Waals surface area contributed by atoms with Crippen molar-refractivity contribution < 1.29 is 12.8 Å². The third kappa shape index (κ3) is 4.27. The van der Waals surface area contributed by atoms with Crippen LogP contribution < -0.4 is 4.72 Å². The van der Waals surface area contributed by atoms with Gasteiger partial charge in [0.2, 0.25) is 0 Å². The maximum absolute atomic E-state index is 13.0. The van der Waals surface area contributed by atoms with Gasteiger partial charge in [-0.05, 0) is 48.4 Å². The molecule has 0 aliphatic carbocycles. The second kappa shape index (κ2) is 8.37. The molecule has 7 nitrogen and oxygen atoms in total. The lowest BCUT2D eigenvalue weighted by molar-refractivity contribution is 0.528. The maximum Gasteiger partial charge on any atom is 0.264 e. The fraction of sp³-hybridized carbons (Fsp3) is 0.0800. The Balaban J connectivity index is 1.36. The summed E-state index contributed by atoms with van der Waals surface area (Å²) in [6.07, 6.45) is 2.87. The number of aromatic nitrogens is 2. The first kappa shape index (κ1) is 20.7. The molecule has 0 radical (unpaired) electrons. The molecule has 2 aromatic heterocycles. The smallest absolute Gasteiger partial charge is 0.264 e. The Kier molecular flexibility index (Phi) is 5.24. The summed E-state index contributed by atoms with van der Waals surface area (Å²) in [6.45, 7) is 0. The Hall–Kier alpha value is -4.22. The highest BCUT2D eigenvalue weighted by Gasteiger charge is 2.19. The molecule has 33 heavy (non-hydrogen) atoms. The number of rotatable bonds is 6. The van der Waals surface area contributed by atoms with E-state index in [2.05, 4.69) is 20.8 Å². The summed E-state index contributed by atoms with van der Waals surface area (Å²) in [5, 5.41) is 9.65. The van der Waals surface area contributed by atoms with Crippen molar-refractivity contribution in [3.63, 3.8) is 0 Å². The first-order chi connectivity index (χ1) is 16.0. The number of hydrogen-bond acceptors (Lipinski definition) is 6. The molecule has 0 saturated carbocycles. The van der Waals surface area contributed by atoms with Crippen LogP contribution >= 0.6 is 0 Å².